The van der Waals surface area contributed by atoms with E-state index in [1.54, 1.807) is 42.9 Å². The molecule has 81 heavy (non-hydrogen) atoms. The summed E-state index contributed by atoms with van der Waals surface area (Å²) in [7, 11) is 7.09. The molecule has 0 aromatic heterocycles. The molecule has 3 amide bonds. The van der Waals surface area contributed by atoms with Crippen LogP contribution in [0.2, 0.25) is 0 Å². The monoisotopic (exact) mass is 1450 g/mol. The van der Waals surface area contributed by atoms with Gasteiger partial charge in [-0.2, -0.15) is 0 Å². The summed E-state index contributed by atoms with van der Waals surface area (Å²) in [6, 6.07) is -2.24. The van der Waals surface area contributed by atoms with E-state index in [-0.39, 0.29) is 98.0 Å². The number of carboxylic acid groups (broad SMARTS) is 1. The van der Waals surface area contributed by atoms with E-state index in [0.717, 1.165) is 51.7 Å². The number of unbranched alkanes of at least 4 members (excludes halogenated alkanes) is 17. The number of hydrogen-bond donors (Lipinski definition) is 7. The number of halogens is 2. The molecule has 0 rings (SSSR count). The second kappa shape index (κ2) is 79.4. The Balaban J connectivity index is -0.000000262. The van der Waals surface area contributed by atoms with Crippen LogP contribution in [0.5, 0.6) is 0 Å². The number of hydrogen-bond acceptors (Lipinski definition) is 19. The number of nitrogens with zero attached hydrogens (tertiary/aromatic N) is 1. The zero-order valence-electron chi connectivity index (χ0n) is 49.7. The number of aliphatic hydroxyl groups excluding tert-OH is 1. The maximum atomic E-state index is 12.2. The van der Waals surface area contributed by atoms with Gasteiger partial charge in [0.15, 0.2) is 0 Å². The number of carbonyl (C=O) groups excluding carboxylic acids is 8. The van der Waals surface area contributed by atoms with Gasteiger partial charge in [0.05, 0.1) is 57.8 Å². The molecule has 0 aliphatic rings. The minimum atomic E-state index is -1.01. The standard InChI is InChI=1S/C20H38O3.C19H32I2N5O6S2.C12H22N2O5.C2H6.CH4O.K/c21-19-17-15-13-11-9-7-5-3-1-2-4-6-8-10-12-14-16-18-20(22)23;1-23-6-7-31-8-9-32-11-17(28)24-5-3-2-4-16(18(20)29)25-19(30)15(22)13-34-33-12-14(10-27)26-21;1-13-11(10-16)2-3-12(17)14-4-6-18-8-9-19-7-5-15;2*1-2;/h19H,1-18H2,(H,22,23);6,10,14-16,22,26H,2-5,7-9,11-13H2,1H3,(H,24,28)(H,25,30);5,10-11,13H,2-4,6-9H2,1H3,(H,14,17);1-2H3;2H,1H3;/q;-1;;;;+1/t;14-,15+,16?;;;;/m.1..../s1. The number of rotatable bonds is 54. The first kappa shape index (κ1) is 91.5. The molecule has 0 fully saturated rings. The minimum absolute atomic E-state index is 0. The number of carboxylic acids is 1. The molecule has 0 heterocycles. The molecule has 0 saturated carbocycles. The Morgan fingerprint density at radius 1 is 0.617 bits per heavy atom. The Labute approximate surface area is 563 Å². The maximum absolute atomic E-state index is 12.2. The van der Waals surface area contributed by atoms with Crippen molar-refractivity contribution in [2.75, 3.05) is 98.7 Å². The van der Waals surface area contributed by atoms with Gasteiger partial charge in [-0.25, -0.2) is 3.53 Å². The predicted molar refractivity (Wildman–Crippen MR) is 339 cm³/mol. The molecule has 0 saturated heterocycles. The number of aliphatic carboxylic acids is 1. The van der Waals surface area contributed by atoms with Gasteiger partial charge in [-0.05, 0) is 57.4 Å². The summed E-state index contributed by atoms with van der Waals surface area (Å²) in [5.74, 6) is -0.722. The van der Waals surface area contributed by atoms with Crippen molar-refractivity contribution in [3.8, 4) is 0 Å². The fourth-order valence-corrected chi connectivity index (χ4v) is 9.76. The van der Waals surface area contributed by atoms with Crippen LogP contribution in [-0.2, 0) is 62.1 Å². The largest absolute Gasteiger partial charge is 1.00 e. The zero-order chi connectivity index (χ0) is 61.0. The normalized spacial score (nSPS) is 11.8. The van der Waals surface area contributed by atoms with Crippen LogP contribution in [0.4, 0.5) is 0 Å². The summed E-state index contributed by atoms with van der Waals surface area (Å²) >= 11 is 3.55. The van der Waals surface area contributed by atoms with Crippen molar-refractivity contribution < 1.29 is 124 Å². The molecule has 27 heteroatoms. The molecule has 0 bridgehead atoms. The van der Waals surface area contributed by atoms with Crippen molar-refractivity contribution in [3.05, 3.63) is 5.73 Å². The van der Waals surface area contributed by atoms with Gasteiger partial charge < -0.3 is 75.3 Å². The number of aldehydes is 4. The van der Waals surface area contributed by atoms with Crippen LogP contribution in [0.3, 0.4) is 0 Å². The molecule has 4 atom stereocenters. The first-order chi connectivity index (χ1) is 38.9. The first-order valence-electron chi connectivity index (χ1n) is 28.0. The Morgan fingerprint density at radius 2 is 1.12 bits per heavy atom. The minimum Gasteiger partial charge on any atom is -0.666 e. The van der Waals surface area contributed by atoms with Crippen molar-refractivity contribution in [1.29, 1.82) is 0 Å². The molecule has 0 spiro atoms. The quantitative estimate of drug-likeness (QED) is 0.00640. The molecule has 470 valence electrons. The number of aliphatic imine (C=N–C) groups is 1. The fraction of sp³-hybridized carbons (Fsp3) is 0.815. The van der Waals surface area contributed by atoms with E-state index >= 15 is 0 Å². The van der Waals surface area contributed by atoms with Crippen molar-refractivity contribution in [3.63, 3.8) is 0 Å². The molecule has 8 N–H and O–H groups in total. The van der Waals surface area contributed by atoms with Crippen LogP contribution in [-0.4, -0.2) is 192 Å². The van der Waals surface area contributed by atoms with Crippen molar-refractivity contribution in [2.45, 2.75) is 186 Å². The van der Waals surface area contributed by atoms with E-state index in [2.05, 4.69) is 29.8 Å². The molecule has 0 aromatic rings. The predicted octanol–water partition coefficient (Wildman–Crippen LogP) is 4.59. The number of amides is 3. The van der Waals surface area contributed by atoms with Crippen LogP contribution < -0.4 is 76.2 Å². The third-order valence-electron chi connectivity index (χ3n) is 10.8. The third kappa shape index (κ3) is 77.4. The van der Waals surface area contributed by atoms with Crippen molar-refractivity contribution in [1.82, 2.24) is 24.8 Å². The second-order valence-corrected chi connectivity index (χ2v) is 21.5. The zero-order valence-corrected chi connectivity index (χ0v) is 58.7. The first-order valence-corrected chi connectivity index (χ1v) is 32.7. The van der Waals surface area contributed by atoms with Crippen molar-refractivity contribution in [2.24, 2.45) is 4.99 Å². The van der Waals surface area contributed by atoms with Crippen LogP contribution in [0.25, 0.3) is 5.73 Å². The smallest absolute Gasteiger partial charge is 0.666 e. The average molecular weight is 1450 g/mol. The summed E-state index contributed by atoms with van der Waals surface area (Å²) < 4.78 is 23.1. The third-order valence-corrected chi connectivity index (χ3v) is 14.8. The fourth-order valence-electron chi connectivity index (χ4n) is 6.42. The van der Waals surface area contributed by atoms with E-state index in [9.17, 15) is 43.2 Å². The summed E-state index contributed by atoms with van der Waals surface area (Å²) in [6.07, 6.45) is 28.6. The van der Waals surface area contributed by atoms with E-state index in [0.29, 0.717) is 103 Å². The number of aliphatic hydroxyl groups is 1. The molecule has 22 nitrogen and oxygen atoms in total. The molecule has 0 aliphatic carbocycles. The Morgan fingerprint density at radius 3 is 1.62 bits per heavy atom. The van der Waals surface area contributed by atoms with E-state index in [4.69, 9.17) is 34.9 Å². The molecular formula is C54H102I2KN7O15S2. The molecule has 0 aliphatic heterocycles. The van der Waals surface area contributed by atoms with Crippen LogP contribution in [0.1, 0.15) is 162 Å². The summed E-state index contributed by atoms with van der Waals surface area (Å²) in [4.78, 5) is 103. The summed E-state index contributed by atoms with van der Waals surface area (Å²) in [6.45, 7) is 7.10. The molecule has 0 aromatic carbocycles. The van der Waals surface area contributed by atoms with Gasteiger partial charge in [0, 0.05) is 104 Å². The van der Waals surface area contributed by atoms with Gasteiger partial charge >= 0.3 is 57.4 Å². The SMILES string of the molecule is CC.CN=CCOCCOCC(=O)NCCCCC(NC(=O)[C@@H]([NH-])CSSC[C@@H](C=O)NI)C(=O)I.CNC(C=O)CCC(=O)NCCOCCOCC=O.CO.O=CCCCCCCCCCCCCCCCCCCC(=O)O.[K+]. The number of nitrogens with one attached hydrogen (secondary N) is 6. The number of carbonyl (C=O) groups is 9. The van der Waals surface area contributed by atoms with E-state index in [1.165, 1.54) is 105 Å². The topological polar surface area (TPSA) is 327 Å². The molecule has 0 radical (unpaired) electrons. The Hall–Kier alpha value is -0.624. The Kier molecular flexibility index (Phi) is 89.7. The van der Waals surface area contributed by atoms with Gasteiger partial charge in [-0.3, -0.25) is 29.0 Å². The van der Waals surface area contributed by atoms with E-state index < -0.39 is 24.0 Å². The van der Waals surface area contributed by atoms with Crippen molar-refractivity contribution >= 4 is 126 Å². The summed E-state index contributed by atoms with van der Waals surface area (Å²) in [5.41, 5.74) is 7.97. The van der Waals surface area contributed by atoms with Gasteiger partial charge in [0.1, 0.15) is 38.4 Å². The van der Waals surface area contributed by atoms with Gasteiger partial charge in [0.25, 0.3) is 0 Å². The molecular weight excluding hydrogens is 1340 g/mol. The number of likely N-dealkylation sites (N-methyl/N-ethyl adjacent to an activating group) is 1. The van der Waals surface area contributed by atoms with Crippen LogP contribution in [0.15, 0.2) is 4.99 Å². The van der Waals surface area contributed by atoms with Crippen LogP contribution >= 0.6 is 67.0 Å². The van der Waals surface area contributed by atoms with Crippen LogP contribution in [0, 0.1) is 0 Å². The Bertz CT molecular complexity index is 1500. The number of ether oxygens (including phenoxy) is 4. The van der Waals surface area contributed by atoms with Gasteiger partial charge in [-0.15, -0.1) is 0 Å². The van der Waals surface area contributed by atoms with Gasteiger partial charge in [-0.1, -0.05) is 125 Å². The summed E-state index contributed by atoms with van der Waals surface area (Å²) in [5, 5.41) is 26.4. The second-order valence-electron chi connectivity index (χ2n) is 17.3. The maximum Gasteiger partial charge on any atom is 1.00 e. The molecule has 2 unspecified atom stereocenters. The van der Waals surface area contributed by atoms with E-state index in [1.807, 2.05) is 36.7 Å². The average Bonchev–Trinajstić information content (AvgIpc) is 3.46. The van der Waals surface area contributed by atoms with Gasteiger partial charge in [0.2, 0.25) is 21.5 Å².